The Bertz CT molecular complexity index is 387. The Labute approximate surface area is 111 Å². The first-order valence-electron chi connectivity index (χ1n) is 5.14. The van der Waals surface area contributed by atoms with Crippen LogP contribution in [0, 0.1) is 10.7 Å². The zero-order chi connectivity index (χ0) is 12.0. The van der Waals surface area contributed by atoms with Gasteiger partial charge in [-0.15, -0.1) is 0 Å². The number of nitriles is 1. The van der Waals surface area contributed by atoms with Crippen LogP contribution in [0.15, 0.2) is 18.2 Å². The van der Waals surface area contributed by atoms with Gasteiger partial charge in [-0.05, 0) is 48.2 Å². The van der Waals surface area contributed by atoms with Gasteiger partial charge in [0.05, 0.1) is 10.0 Å². The highest BCUT2D eigenvalue weighted by Gasteiger charge is 2.10. The van der Waals surface area contributed by atoms with Gasteiger partial charge in [0, 0.05) is 5.75 Å². The Morgan fingerprint density at radius 3 is 2.69 bits per heavy atom. The van der Waals surface area contributed by atoms with E-state index in [1.807, 2.05) is 18.2 Å². The van der Waals surface area contributed by atoms with Crippen LogP contribution in [0.25, 0.3) is 0 Å². The topological polar surface area (TPSA) is 23.8 Å². The average Bonchev–Trinajstić information content (AvgIpc) is 2.29. The van der Waals surface area contributed by atoms with Crippen LogP contribution < -0.4 is 0 Å². The second kappa shape index (κ2) is 7.06. The van der Waals surface area contributed by atoms with E-state index in [4.69, 9.17) is 28.5 Å². The van der Waals surface area contributed by atoms with Gasteiger partial charge < -0.3 is 0 Å². The summed E-state index contributed by atoms with van der Waals surface area (Å²) in [6.45, 7) is 2.14. The van der Waals surface area contributed by atoms with Crippen molar-refractivity contribution in [2.45, 2.75) is 25.7 Å². The minimum Gasteiger partial charge on any atom is -0.185 e. The summed E-state index contributed by atoms with van der Waals surface area (Å²) in [6.07, 6.45) is 2.04. The Hall–Kier alpha value is -0.360. The normalized spacial score (nSPS) is 12.1. The van der Waals surface area contributed by atoms with Gasteiger partial charge in [0.15, 0.2) is 0 Å². The number of halogens is 2. The van der Waals surface area contributed by atoms with Crippen LogP contribution in [0.5, 0.6) is 0 Å². The van der Waals surface area contributed by atoms with Crippen molar-refractivity contribution in [3.05, 3.63) is 33.8 Å². The van der Waals surface area contributed by atoms with Crippen molar-refractivity contribution in [2.24, 2.45) is 0 Å². The number of nitrogens with zero attached hydrogens (tertiary/aromatic N) is 1. The molecular formula is C12H13Cl2NS. The van der Waals surface area contributed by atoms with Gasteiger partial charge in [-0.3, -0.25) is 0 Å². The van der Waals surface area contributed by atoms with Gasteiger partial charge in [-0.1, -0.05) is 36.2 Å². The smallest absolute Gasteiger partial charge is 0.133 e. The molecule has 0 bridgehead atoms. The highest BCUT2D eigenvalue weighted by Crippen LogP contribution is 2.30. The predicted molar refractivity (Wildman–Crippen MR) is 72.2 cm³/mol. The highest BCUT2D eigenvalue weighted by atomic mass is 35.5. The lowest BCUT2D eigenvalue weighted by atomic mass is 9.94. The van der Waals surface area contributed by atoms with Gasteiger partial charge in [-0.2, -0.15) is 5.26 Å². The number of rotatable bonds is 5. The molecule has 86 valence electrons. The molecule has 0 aliphatic heterocycles. The summed E-state index contributed by atoms with van der Waals surface area (Å²) in [5.41, 5.74) is 1.20. The zero-order valence-electron chi connectivity index (χ0n) is 9.04. The number of hydrogen-bond acceptors (Lipinski definition) is 2. The average molecular weight is 274 g/mol. The fraction of sp³-hybridized carbons (Fsp3) is 0.417. The summed E-state index contributed by atoms with van der Waals surface area (Å²) in [5, 5.41) is 11.8. The second-order valence-electron chi connectivity index (χ2n) is 3.51. The van der Waals surface area contributed by atoms with E-state index < -0.39 is 0 Å². The third-order valence-corrected chi connectivity index (χ3v) is 3.85. The van der Waals surface area contributed by atoms with Crippen molar-refractivity contribution < 1.29 is 0 Å². The fourth-order valence-electron chi connectivity index (χ4n) is 1.62. The number of thioether (sulfide) groups is 1. The lowest BCUT2D eigenvalue weighted by Gasteiger charge is -2.14. The van der Waals surface area contributed by atoms with Gasteiger partial charge in [0.25, 0.3) is 0 Å². The molecule has 0 saturated heterocycles. The van der Waals surface area contributed by atoms with E-state index in [0.717, 1.165) is 18.6 Å². The molecule has 0 saturated carbocycles. The highest BCUT2D eigenvalue weighted by molar-refractivity contribution is 8.03. The van der Waals surface area contributed by atoms with Crippen LogP contribution in [0.3, 0.4) is 0 Å². The van der Waals surface area contributed by atoms with Crippen LogP contribution in [0.4, 0.5) is 0 Å². The molecule has 0 spiro atoms. The van der Waals surface area contributed by atoms with E-state index in [-0.39, 0.29) is 0 Å². The predicted octanol–water partition coefficient (Wildman–Crippen LogP) is 5.09. The molecule has 1 unspecified atom stereocenters. The van der Waals surface area contributed by atoms with E-state index >= 15 is 0 Å². The minimum absolute atomic E-state index is 0.454. The Morgan fingerprint density at radius 1 is 1.38 bits per heavy atom. The molecule has 0 fully saturated rings. The molecule has 0 aromatic heterocycles. The fourth-order valence-corrected chi connectivity index (χ4v) is 2.42. The summed E-state index contributed by atoms with van der Waals surface area (Å²) in [5.74, 6) is 1.31. The molecule has 0 aliphatic carbocycles. The SMILES string of the molecule is CCC(CCSC#N)c1ccc(Cl)c(Cl)c1. The van der Waals surface area contributed by atoms with Crippen molar-refractivity contribution in [2.75, 3.05) is 5.75 Å². The number of thiocyanates is 1. The molecule has 0 heterocycles. The van der Waals surface area contributed by atoms with E-state index in [9.17, 15) is 0 Å². The first kappa shape index (κ1) is 13.7. The van der Waals surface area contributed by atoms with E-state index in [2.05, 4.69) is 12.3 Å². The molecular weight excluding hydrogens is 261 g/mol. The molecule has 1 atom stereocenters. The van der Waals surface area contributed by atoms with Crippen molar-refractivity contribution in [3.63, 3.8) is 0 Å². The van der Waals surface area contributed by atoms with E-state index in [0.29, 0.717) is 16.0 Å². The van der Waals surface area contributed by atoms with E-state index in [1.165, 1.54) is 17.3 Å². The van der Waals surface area contributed by atoms with Gasteiger partial charge in [-0.25, -0.2) is 0 Å². The molecule has 16 heavy (non-hydrogen) atoms. The molecule has 0 radical (unpaired) electrons. The lowest BCUT2D eigenvalue weighted by molar-refractivity contribution is 0.647. The van der Waals surface area contributed by atoms with Crippen molar-refractivity contribution in [3.8, 4) is 5.40 Å². The van der Waals surface area contributed by atoms with Crippen LogP contribution in [-0.2, 0) is 0 Å². The quantitative estimate of drug-likeness (QED) is 0.551. The molecule has 0 N–H and O–H groups in total. The van der Waals surface area contributed by atoms with Crippen LogP contribution >= 0.6 is 35.0 Å². The molecule has 1 nitrogen and oxygen atoms in total. The van der Waals surface area contributed by atoms with Crippen LogP contribution in [0.2, 0.25) is 10.0 Å². The molecule has 4 heteroatoms. The maximum atomic E-state index is 8.48. The van der Waals surface area contributed by atoms with E-state index in [1.54, 1.807) is 0 Å². The molecule has 1 rings (SSSR count). The van der Waals surface area contributed by atoms with Crippen molar-refractivity contribution >= 4 is 35.0 Å². The number of benzene rings is 1. The second-order valence-corrected chi connectivity index (χ2v) is 5.20. The summed E-state index contributed by atoms with van der Waals surface area (Å²) in [4.78, 5) is 0. The third kappa shape index (κ3) is 3.90. The van der Waals surface area contributed by atoms with Crippen LogP contribution in [-0.4, -0.2) is 5.75 Å². The first-order valence-corrected chi connectivity index (χ1v) is 6.89. The molecule has 0 aliphatic rings. The maximum Gasteiger partial charge on any atom is 0.133 e. The minimum atomic E-state index is 0.454. The Morgan fingerprint density at radius 2 is 2.12 bits per heavy atom. The third-order valence-electron chi connectivity index (χ3n) is 2.54. The lowest BCUT2D eigenvalue weighted by Crippen LogP contribution is -1.99. The summed E-state index contributed by atoms with van der Waals surface area (Å²) >= 11 is 13.2. The zero-order valence-corrected chi connectivity index (χ0v) is 11.4. The van der Waals surface area contributed by atoms with Gasteiger partial charge >= 0.3 is 0 Å². The van der Waals surface area contributed by atoms with Crippen molar-refractivity contribution in [1.82, 2.24) is 0 Å². The van der Waals surface area contributed by atoms with Crippen LogP contribution in [0.1, 0.15) is 31.2 Å². The summed E-state index contributed by atoms with van der Waals surface area (Å²) in [7, 11) is 0. The van der Waals surface area contributed by atoms with Crippen molar-refractivity contribution in [1.29, 1.82) is 5.26 Å². The first-order chi connectivity index (χ1) is 7.69. The monoisotopic (exact) mass is 273 g/mol. The van der Waals surface area contributed by atoms with Gasteiger partial charge in [0.2, 0.25) is 0 Å². The maximum absolute atomic E-state index is 8.48. The molecule has 0 amide bonds. The largest absolute Gasteiger partial charge is 0.185 e. The summed E-state index contributed by atoms with van der Waals surface area (Å²) in [6, 6.07) is 5.77. The Kier molecular flexibility index (Phi) is 6.05. The molecule has 1 aromatic rings. The Balaban J connectivity index is 2.71. The standard InChI is InChI=1S/C12H13Cl2NS/c1-2-9(5-6-16-8-15)10-3-4-11(13)12(14)7-10/h3-4,7,9H,2,5-6H2,1H3. The molecule has 1 aromatic carbocycles. The van der Waals surface area contributed by atoms with Gasteiger partial charge in [0.1, 0.15) is 5.40 Å². The summed E-state index contributed by atoms with van der Waals surface area (Å²) < 4.78 is 0. The number of hydrogen-bond donors (Lipinski definition) is 0.